The molecular formula is C16H16N2O4. The molecule has 0 aliphatic heterocycles. The number of carbonyl (C=O) groups excluding carboxylic acids is 1. The van der Waals surface area contributed by atoms with Crippen LogP contribution in [0.1, 0.15) is 12.5 Å². The van der Waals surface area contributed by atoms with Crippen LogP contribution in [-0.2, 0) is 4.79 Å². The topological polar surface area (TPSA) is 81.5 Å². The lowest BCUT2D eigenvalue weighted by Gasteiger charge is -2.15. The molecule has 1 atom stereocenters. The number of aryl methyl sites for hydroxylation is 1. The van der Waals surface area contributed by atoms with E-state index < -0.39 is 11.0 Å². The lowest BCUT2D eigenvalue weighted by Crippen LogP contribution is -2.30. The highest BCUT2D eigenvalue weighted by molar-refractivity contribution is 5.94. The van der Waals surface area contributed by atoms with Crippen LogP contribution in [0.2, 0.25) is 0 Å². The van der Waals surface area contributed by atoms with Crippen molar-refractivity contribution >= 4 is 17.3 Å². The molecule has 22 heavy (non-hydrogen) atoms. The summed E-state index contributed by atoms with van der Waals surface area (Å²) in [4.78, 5) is 22.3. The molecule has 0 aliphatic carbocycles. The van der Waals surface area contributed by atoms with E-state index in [1.807, 2.05) is 25.1 Å². The fourth-order valence-corrected chi connectivity index (χ4v) is 1.89. The first-order chi connectivity index (χ1) is 10.5. The van der Waals surface area contributed by atoms with Gasteiger partial charge in [-0.15, -0.1) is 0 Å². The number of hydrogen-bond acceptors (Lipinski definition) is 4. The molecule has 0 saturated carbocycles. The highest BCUT2D eigenvalue weighted by atomic mass is 16.6. The number of nitrogens with zero attached hydrogens (tertiary/aromatic N) is 1. The molecule has 2 aromatic rings. The zero-order valence-electron chi connectivity index (χ0n) is 12.3. The van der Waals surface area contributed by atoms with Crippen LogP contribution >= 0.6 is 0 Å². The molecular weight excluding hydrogens is 284 g/mol. The molecule has 0 spiro atoms. The van der Waals surface area contributed by atoms with Crippen molar-refractivity contribution in [3.8, 4) is 5.75 Å². The Labute approximate surface area is 127 Å². The minimum absolute atomic E-state index is 0.0787. The number of anilines is 1. The molecule has 6 heteroatoms. The minimum Gasteiger partial charge on any atom is -0.481 e. The highest BCUT2D eigenvalue weighted by Crippen LogP contribution is 2.18. The van der Waals surface area contributed by atoms with Gasteiger partial charge in [0.15, 0.2) is 6.10 Å². The third kappa shape index (κ3) is 4.05. The van der Waals surface area contributed by atoms with Gasteiger partial charge in [0.25, 0.3) is 11.6 Å². The summed E-state index contributed by atoms with van der Waals surface area (Å²) in [5.74, 6) is 0.226. The van der Waals surface area contributed by atoms with Gasteiger partial charge < -0.3 is 10.1 Å². The van der Waals surface area contributed by atoms with Crippen molar-refractivity contribution in [2.45, 2.75) is 20.0 Å². The number of amides is 1. The molecule has 2 rings (SSSR count). The average Bonchev–Trinajstić information content (AvgIpc) is 2.47. The maximum absolute atomic E-state index is 12.1. The predicted octanol–water partition coefficient (Wildman–Crippen LogP) is 3.31. The maximum Gasteiger partial charge on any atom is 0.271 e. The smallest absolute Gasteiger partial charge is 0.271 e. The van der Waals surface area contributed by atoms with Crippen LogP contribution in [-0.4, -0.2) is 16.9 Å². The molecule has 0 saturated heterocycles. The van der Waals surface area contributed by atoms with E-state index >= 15 is 0 Å². The Hall–Kier alpha value is -2.89. The number of rotatable bonds is 5. The van der Waals surface area contributed by atoms with Gasteiger partial charge in [-0.25, -0.2) is 0 Å². The quantitative estimate of drug-likeness (QED) is 0.678. The predicted molar refractivity (Wildman–Crippen MR) is 83.0 cm³/mol. The van der Waals surface area contributed by atoms with Gasteiger partial charge in [0, 0.05) is 17.8 Å². The van der Waals surface area contributed by atoms with E-state index in [1.54, 1.807) is 19.1 Å². The van der Waals surface area contributed by atoms with E-state index in [0.717, 1.165) is 5.56 Å². The molecule has 0 heterocycles. The normalized spacial score (nSPS) is 11.5. The summed E-state index contributed by atoms with van der Waals surface area (Å²) in [7, 11) is 0. The van der Waals surface area contributed by atoms with Crippen molar-refractivity contribution < 1.29 is 14.5 Å². The van der Waals surface area contributed by atoms with Crippen molar-refractivity contribution in [3.05, 3.63) is 64.2 Å². The van der Waals surface area contributed by atoms with Crippen LogP contribution in [0.3, 0.4) is 0 Å². The standard InChI is InChI=1S/C16H16N2O4/c1-11-5-3-8-15(9-11)22-12(2)16(19)17-13-6-4-7-14(10-13)18(20)21/h3-10,12H,1-2H3,(H,17,19)/t12-/m0/s1. The lowest BCUT2D eigenvalue weighted by molar-refractivity contribution is -0.384. The van der Waals surface area contributed by atoms with Crippen LogP contribution in [0.15, 0.2) is 48.5 Å². The number of nitrogens with one attached hydrogen (secondary N) is 1. The Morgan fingerprint density at radius 1 is 1.23 bits per heavy atom. The largest absolute Gasteiger partial charge is 0.481 e. The maximum atomic E-state index is 12.1. The third-order valence-corrected chi connectivity index (χ3v) is 3.00. The first-order valence-corrected chi connectivity index (χ1v) is 6.74. The van der Waals surface area contributed by atoms with Crippen molar-refractivity contribution in [2.24, 2.45) is 0 Å². The molecule has 0 aromatic heterocycles. The van der Waals surface area contributed by atoms with Gasteiger partial charge in [-0.3, -0.25) is 14.9 Å². The van der Waals surface area contributed by atoms with E-state index in [0.29, 0.717) is 11.4 Å². The number of benzene rings is 2. The fraction of sp³-hybridized carbons (Fsp3) is 0.188. The summed E-state index contributed by atoms with van der Waals surface area (Å²) in [6.07, 6.45) is -0.721. The minimum atomic E-state index is -0.721. The Bertz CT molecular complexity index is 700. The number of non-ortho nitro benzene ring substituents is 1. The van der Waals surface area contributed by atoms with Crippen LogP contribution in [0.4, 0.5) is 11.4 Å². The summed E-state index contributed by atoms with van der Waals surface area (Å²) in [5, 5.41) is 13.3. The van der Waals surface area contributed by atoms with Crippen LogP contribution in [0, 0.1) is 17.0 Å². The van der Waals surface area contributed by atoms with Gasteiger partial charge in [-0.05, 0) is 37.6 Å². The molecule has 0 fully saturated rings. The molecule has 1 N–H and O–H groups in total. The van der Waals surface area contributed by atoms with Gasteiger partial charge >= 0.3 is 0 Å². The Kier molecular flexibility index (Phi) is 4.73. The van der Waals surface area contributed by atoms with E-state index in [1.165, 1.54) is 18.2 Å². The van der Waals surface area contributed by atoms with Gasteiger partial charge in [-0.2, -0.15) is 0 Å². The van der Waals surface area contributed by atoms with Crippen molar-refractivity contribution in [1.29, 1.82) is 0 Å². The van der Waals surface area contributed by atoms with E-state index in [9.17, 15) is 14.9 Å². The van der Waals surface area contributed by atoms with Crippen molar-refractivity contribution in [2.75, 3.05) is 5.32 Å². The van der Waals surface area contributed by atoms with Crippen LogP contribution < -0.4 is 10.1 Å². The monoisotopic (exact) mass is 300 g/mol. The molecule has 0 bridgehead atoms. The number of nitro benzene ring substituents is 1. The van der Waals surface area contributed by atoms with E-state index in [2.05, 4.69) is 5.32 Å². The number of ether oxygens (including phenoxy) is 1. The second kappa shape index (κ2) is 6.71. The van der Waals surface area contributed by atoms with Gasteiger partial charge in [0.1, 0.15) is 5.75 Å². The van der Waals surface area contributed by atoms with Crippen LogP contribution in [0.25, 0.3) is 0 Å². The van der Waals surface area contributed by atoms with Gasteiger partial charge in [0.05, 0.1) is 4.92 Å². The molecule has 114 valence electrons. The Balaban J connectivity index is 2.02. The van der Waals surface area contributed by atoms with E-state index in [4.69, 9.17) is 4.74 Å². The second-order valence-corrected chi connectivity index (χ2v) is 4.87. The summed E-state index contributed by atoms with van der Waals surface area (Å²) < 4.78 is 5.56. The number of nitro groups is 1. The first-order valence-electron chi connectivity index (χ1n) is 6.74. The molecule has 0 unspecified atom stereocenters. The Morgan fingerprint density at radius 3 is 2.64 bits per heavy atom. The number of carbonyl (C=O) groups is 1. The molecule has 2 aromatic carbocycles. The zero-order chi connectivity index (χ0) is 16.1. The SMILES string of the molecule is Cc1cccc(O[C@@H](C)C(=O)Nc2cccc([N+](=O)[O-])c2)c1. The van der Waals surface area contributed by atoms with Gasteiger partial charge in [0.2, 0.25) is 0 Å². The molecule has 1 amide bonds. The average molecular weight is 300 g/mol. The van der Waals surface area contributed by atoms with Crippen molar-refractivity contribution in [3.63, 3.8) is 0 Å². The lowest BCUT2D eigenvalue weighted by atomic mass is 10.2. The molecule has 0 aliphatic rings. The summed E-state index contributed by atoms with van der Waals surface area (Å²) in [5.41, 5.74) is 1.31. The molecule has 0 radical (unpaired) electrons. The highest BCUT2D eigenvalue weighted by Gasteiger charge is 2.16. The first kappa shape index (κ1) is 15.5. The van der Waals surface area contributed by atoms with E-state index in [-0.39, 0.29) is 11.6 Å². The summed E-state index contributed by atoms with van der Waals surface area (Å²) in [6.45, 7) is 3.55. The van der Waals surface area contributed by atoms with Gasteiger partial charge in [-0.1, -0.05) is 18.2 Å². The second-order valence-electron chi connectivity index (χ2n) is 4.87. The number of hydrogen-bond donors (Lipinski definition) is 1. The summed E-state index contributed by atoms with van der Waals surface area (Å²) in [6, 6.07) is 13.1. The summed E-state index contributed by atoms with van der Waals surface area (Å²) >= 11 is 0. The third-order valence-electron chi connectivity index (χ3n) is 3.00. The zero-order valence-corrected chi connectivity index (χ0v) is 12.3. The van der Waals surface area contributed by atoms with Crippen LogP contribution in [0.5, 0.6) is 5.75 Å². The fourth-order valence-electron chi connectivity index (χ4n) is 1.89. The Morgan fingerprint density at radius 2 is 1.95 bits per heavy atom. The molecule has 6 nitrogen and oxygen atoms in total. The van der Waals surface area contributed by atoms with Crippen molar-refractivity contribution in [1.82, 2.24) is 0 Å².